The third-order valence-electron chi connectivity index (χ3n) is 4.89. The zero-order valence-corrected chi connectivity index (χ0v) is 15.8. The van der Waals surface area contributed by atoms with Crippen molar-refractivity contribution in [3.63, 3.8) is 0 Å². The molecule has 7 heteroatoms. The van der Waals surface area contributed by atoms with Crippen molar-refractivity contribution in [2.75, 3.05) is 38.8 Å². The number of benzene rings is 1. The van der Waals surface area contributed by atoms with Gasteiger partial charge in [-0.15, -0.1) is 0 Å². The highest BCUT2D eigenvalue weighted by atomic mass is 16.5. The van der Waals surface area contributed by atoms with Crippen molar-refractivity contribution in [1.29, 1.82) is 0 Å². The fourth-order valence-corrected chi connectivity index (χ4v) is 3.28. The first kappa shape index (κ1) is 19.1. The SMILES string of the molecule is COc1ccnc(N2CCC(C(=O)NCC(OC)c3ccccc3)CC2)n1. The van der Waals surface area contributed by atoms with Crippen LogP contribution in [0.15, 0.2) is 42.6 Å². The summed E-state index contributed by atoms with van der Waals surface area (Å²) in [7, 11) is 3.25. The Hall–Kier alpha value is -2.67. The Morgan fingerprint density at radius 3 is 2.63 bits per heavy atom. The van der Waals surface area contributed by atoms with E-state index < -0.39 is 0 Å². The van der Waals surface area contributed by atoms with Crippen molar-refractivity contribution >= 4 is 11.9 Å². The predicted octanol–water partition coefficient (Wildman–Crippen LogP) is 2.21. The molecule has 7 nitrogen and oxygen atoms in total. The summed E-state index contributed by atoms with van der Waals surface area (Å²) in [5, 5.41) is 3.04. The molecule has 2 aromatic rings. The van der Waals surface area contributed by atoms with Gasteiger partial charge in [0.2, 0.25) is 17.7 Å². The van der Waals surface area contributed by atoms with Gasteiger partial charge >= 0.3 is 0 Å². The van der Waals surface area contributed by atoms with Gasteiger partial charge in [-0.25, -0.2) is 4.98 Å². The molecule has 1 aromatic heterocycles. The molecule has 0 bridgehead atoms. The second-order valence-corrected chi connectivity index (χ2v) is 6.54. The Morgan fingerprint density at radius 1 is 1.22 bits per heavy atom. The number of anilines is 1. The number of carbonyl (C=O) groups is 1. The van der Waals surface area contributed by atoms with Gasteiger partial charge in [0, 0.05) is 44.9 Å². The second kappa shape index (κ2) is 9.32. The van der Waals surface area contributed by atoms with Gasteiger partial charge in [-0.05, 0) is 18.4 Å². The number of piperidine rings is 1. The minimum Gasteiger partial charge on any atom is -0.481 e. The van der Waals surface area contributed by atoms with Crippen LogP contribution in [0.25, 0.3) is 0 Å². The second-order valence-electron chi connectivity index (χ2n) is 6.54. The summed E-state index contributed by atoms with van der Waals surface area (Å²) in [6.45, 7) is 1.97. The molecule has 1 aliphatic heterocycles. The average Bonchev–Trinajstić information content (AvgIpc) is 2.75. The fraction of sp³-hybridized carbons (Fsp3) is 0.450. The van der Waals surface area contributed by atoms with E-state index in [9.17, 15) is 4.79 Å². The molecule has 1 atom stereocenters. The number of rotatable bonds is 7. The molecule has 1 aromatic carbocycles. The normalized spacial score (nSPS) is 16.0. The van der Waals surface area contributed by atoms with Gasteiger partial charge in [-0.2, -0.15) is 4.98 Å². The van der Waals surface area contributed by atoms with Crippen LogP contribution in [0.3, 0.4) is 0 Å². The Bertz CT molecular complexity index is 733. The lowest BCUT2D eigenvalue weighted by Crippen LogP contribution is -2.42. The van der Waals surface area contributed by atoms with Crippen LogP contribution in [0.2, 0.25) is 0 Å². The van der Waals surface area contributed by atoms with Crippen molar-refractivity contribution in [2.45, 2.75) is 18.9 Å². The molecule has 0 aliphatic carbocycles. The van der Waals surface area contributed by atoms with Crippen molar-refractivity contribution < 1.29 is 14.3 Å². The monoisotopic (exact) mass is 370 g/mol. The van der Waals surface area contributed by atoms with Crippen LogP contribution in [0.1, 0.15) is 24.5 Å². The zero-order chi connectivity index (χ0) is 19.1. The minimum atomic E-state index is -0.138. The molecule has 1 saturated heterocycles. The number of hydrogen-bond donors (Lipinski definition) is 1. The summed E-state index contributed by atoms with van der Waals surface area (Å²) < 4.78 is 10.7. The lowest BCUT2D eigenvalue weighted by Gasteiger charge is -2.31. The Kier molecular flexibility index (Phi) is 6.59. The van der Waals surface area contributed by atoms with Gasteiger partial charge < -0.3 is 19.7 Å². The number of aromatic nitrogens is 2. The van der Waals surface area contributed by atoms with E-state index in [1.807, 2.05) is 30.3 Å². The third kappa shape index (κ3) is 4.95. The average molecular weight is 370 g/mol. The Labute approximate surface area is 159 Å². The largest absolute Gasteiger partial charge is 0.481 e. The number of carbonyl (C=O) groups excluding carboxylic acids is 1. The number of ether oxygens (including phenoxy) is 2. The number of nitrogens with one attached hydrogen (secondary N) is 1. The molecule has 3 rings (SSSR count). The van der Waals surface area contributed by atoms with Crippen LogP contribution < -0.4 is 15.0 Å². The van der Waals surface area contributed by atoms with E-state index in [1.54, 1.807) is 26.5 Å². The van der Waals surface area contributed by atoms with Gasteiger partial charge in [-0.1, -0.05) is 30.3 Å². The topological polar surface area (TPSA) is 76.6 Å². The molecular formula is C20H26N4O3. The third-order valence-corrected chi connectivity index (χ3v) is 4.89. The highest BCUT2D eigenvalue weighted by Crippen LogP contribution is 2.22. The Balaban J connectivity index is 1.49. The van der Waals surface area contributed by atoms with Gasteiger partial charge in [0.15, 0.2) is 0 Å². The molecule has 0 radical (unpaired) electrons. The van der Waals surface area contributed by atoms with Crippen LogP contribution in [0, 0.1) is 5.92 Å². The summed E-state index contributed by atoms with van der Waals surface area (Å²) in [5.41, 5.74) is 1.06. The van der Waals surface area contributed by atoms with Crippen LogP contribution in [-0.2, 0) is 9.53 Å². The summed E-state index contributed by atoms with van der Waals surface area (Å²) in [6.07, 6.45) is 3.10. The number of nitrogens with zero attached hydrogens (tertiary/aromatic N) is 3. The van der Waals surface area contributed by atoms with Crippen molar-refractivity contribution in [3.05, 3.63) is 48.2 Å². The van der Waals surface area contributed by atoms with Crippen LogP contribution in [-0.4, -0.2) is 49.7 Å². The van der Waals surface area contributed by atoms with E-state index >= 15 is 0 Å². The molecule has 0 spiro atoms. The van der Waals surface area contributed by atoms with Crippen molar-refractivity contribution in [2.24, 2.45) is 5.92 Å². The Morgan fingerprint density at radius 2 is 1.96 bits per heavy atom. The summed E-state index contributed by atoms with van der Waals surface area (Å²) in [6, 6.07) is 11.6. The number of amides is 1. The molecule has 2 heterocycles. The highest BCUT2D eigenvalue weighted by Gasteiger charge is 2.26. The fourth-order valence-electron chi connectivity index (χ4n) is 3.28. The molecule has 27 heavy (non-hydrogen) atoms. The molecule has 1 amide bonds. The summed E-state index contributed by atoms with van der Waals surface area (Å²) >= 11 is 0. The first-order valence-electron chi connectivity index (χ1n) is 9.18. The lowest BCUT2D eigenvalue weighted by molar-refractivity contribution is -0.126. The van der Waals surface area contributed by atoms with Gasteiger partial charge in [0.25, 0.3) is 0 Å². The highest BCUT2D eigenvalue weighted by molar-refractivity contribution is 5.79. The molecular weight excluding hydrogens is 344 g/mol. The first-order valence-corrected chi connectivity index (χ1v) is 9.18. The summed E-state index contributed by atoms with van der Waals surface area (Å²) in [5.74, 6) is 1.28. The maximum Gasteiger partial charge on any atom is 0.228 e. The molecule has 0 saturated carbocycles. The molecule has 1 unspecified atom stereocenters. The van der Waals surface area contributed by atoms with Crippen LogP contribution in [0.5, 0.6) is 5.88 Å². The summed E-state index contributed by atoms with van der Waals surface area (Å²) in [4.78, 5) is 23.3. The lowest BCUT2D eigenvalue weighted by atomic mass is 9.96. The molecule has 1 aliphatic rings. The molecule has 1 N–H and O–H groups in total. The van der Waals surface area contributed by atoms with Crippen LogP contribution >= 0.6 is 0 Å². The maximum absolute atomic E-state index is 12.6. The van der Waals surface area contributed by atoms with Gasteiger partial charge in [-0.3, -0.25) is 4.79 Å². The maximum atomic E-state index is 12.6. The van der Waals surface area contributed by atoms with E-state index in [4.69, 9.17) is 9.47 Å². The van der Waals surface area contributed by atoms with E-state index in [0.717, 1.165) is 31.5 Å². The molecule has 144 valence electrons. The number of methoxy groups -OCH3 is 2. The zero-order valence-electron chi connectivity index (χ0n) is 15.8. The van der Waals surface area contributed by atoms with Gasteiger partial charge in [0.05, 0.1) is 13.2 Å². The standard InChI is InChI=1S/C20H26N4O3/c1-26-17(15-6-4-3-5-7-15)14-22-19(25)16-9-12-24(13-10-16)20-21-11-8-18(23-20)27-2/h3-8,11,16-17H,9-10,12-14H2,1-2H3,(H,22,25). The van der Waals surface area contributed by atoms with Gasteiger partial charge in [0.1, 0.15) is 0 Å². The van der Waals surface area contributed by atoms with E-state index in [0.29, 0.717) is 18.4 Å². The first-order chi connectivity index (χ1) is 13.2. The van der Waals surface area contributed by atoms with Crippen molar-refractivity contribution in [3.8, 4) is 5.88 Å². The minimum absolute atomic E-state index is 0.000127. The molecule has 1 fully saturated rings. The van der Waals surface area contributed by atoms with Crippen molar-refractivity contribution in [1.82, 2.24) is 15.3 Å². The van der Waals surface area contributed by atoms with E-state index in [-0.39, 0.29) is 17.9 Å². The predicted molar refractivity (Wildman–Crippen MR) is 103 cm³/mol. The smallest absolute Gasteiger partial charge is 0.228 e. The number of hydrogen-bond acceptors (Lipinski definition) is 6. The van der Waals surface area contributed by atoms with Crippen LogP contribution in [0.4, 0.5) is 5.95 Å². The van der Waals surface area contributed by atoms with E-state index in [1.165, 1.54) is 0 Å². The quantitative estimate of drug-likeness (QED) is 0.805. The van der Waals surface area contributed by atoms with E-state index in [2.05, 4.69) is 20.2 Å².